The molecule has 0 saturated carbocycles. The molecule has 0 spiro atoms. The highest BCUT2D eigenvalue weighted by atomic mass is 16.6. The number of carbonyl (C=O) groups excluding carboxylic acids is 2. The topological polar surface area (TPSA) is 71.6 Å². The van der Waals surface area contributed by atoms with Gasteiger partial charge in [-0.15, -0.1) is 0 Å². The Kier molecular flexibility index (Phi) is 5.65. The van der Waals surface area contributed by atoms with Crippen molar-refractivity contribution in [3.8, 4) is 0 Å². The van der Waals surface area contributed by atoms with Crippen molar-refractivity contribution >= 4 is 17.4 Å². The zero-order valence-corrected chi connectivity index (χ0v) is 16.3. The molecule has 1 aliphatic carbocycles. The number of nitrogens with zero attached hydrogens (tertiary/aromatic N) is 1. The van der Waals surface area contributed by atoms with Crippen molar-refractivity contribution in [1.82, 2.24) is 4.98 Å². The van der Waals surface area contributed by atoms with Gasteiger partial charge in [0.1, 0.15) is 12.3 Å². The first-order valence-corrected chi connectivity index (χ1v) is 9.10. The molecule has 0 aliphatic heterocycles. The number of esters is 1. The molecule has 0 unspecified atom stereocenters. The summed E-state index contributed by atoms with van der Waals surface area (Å²) in [5, 5.41) is 0. The van der Waals surface area contributed by atoms with Gasteiger partial charge in [-0.1, -0.05) is 12.1 Å². The number of rotatable bonds is 6. The smallest absolute Gasteiger partial charge is 0.355 e. The number of aromatic nitrogens is 1. The van der Waals surface area contributed by atoms with E-state index in [0.717, 1.165) is 16.9 Å². The number of hydrogen-bond donors (Lipinski definition) is 1. The van der Waals surface area contributed by atoms with Gasteiger partial charge < -0.3 is 19.4 Å². The number of ketones is 1. The van der Waals surface area contributed by atoms with E-state index < -0.39 is 5.97 Å². The number of aromatic amines is 1. The van der Waals surface area contributed by atoms with Crippen LogP contribution < -0.4 is 4.90 Å². The molecule has 0 bridgehead atoms. The Labute approximate surface area is 159 Å². The summed E-state index contributed by atoms with van der Waals surface area (Å²) >= 11 is 0. The maximum Gasteiger partial charge on any atom is 0.355 e. The minimum absolute atomic E-state index is 0.0719. The molecule has 0 radical (unpaired) electrons. The lowest BCUT2D eigenvalue weighted by molar-refractivity contribution is 0.0381. The Bertz CT molecular complexity index is 837. The second kappa shape index (κ2) is 7.96. The zero-order chi connectivity index (χ0) is 19.6. The average Bonchev–Trinajstić information content (AvgIpc) is 2.99. The Balaban J connectivity index is 1.81. The fourth-order valence-electron chi connectivity index (χ4n) is 3.61. The molecule has 27 heavy (non-hydrogen) atoms. The van der Waals surface area contributed by atoms with Crippen molar-refractivity contribution in [3.05, 3.63) is 52.3 Å². The molecule has 2 aromatic rings. The van der Waals surface area contributed by atoms with Crippen molar-refractivity contribution in [2.45, 2.75) is 25.7 Å². The molecule has 1 atom stereocenters. The second-order valence-electron chi connectivity index (χ2n) is 7.12. The maximum atomic E-state index is 12.8. The van der Waals surface area contributed by atoms with Crippen LogP contribution in [0.4, 0.5) is 5.69 Å². The molecule has 1 aromatic carbocycles. The Morgan fingerprint density at radius 3 is 2.52 bits per heavy atom. The average molecular weight is 370 g/mol. The molecule has 0 amide bonds. The van der Waals surface area contributed by atoms with Crippen LogP contribution in [-0.2, 0) is 15.9 Å². The van der Waals surface area contributed by atoms with Crippen molar-refractivity contribution < 1.29 is 19.1 Å². The van der Waals surface area contributed by atoms with Crippen LogP contribution in [0.3, 0.4) is 0 Å². The van der Waals surface area contributed by atoms with Crippen LogP contribution in [0.1, 0.15) is 50.0 Å². The third-order valence-electron chi connectivity index (χ3n) is 5.09. The van der Waals surface area contributed by atoms with Crippen LogP contribution in [0.5, 0.6) is 0 Å². The standard InChI is InChI=1S/C21H26N2O4/c1-13-19-17(22-20(13)21(25)27-10-9-26-4)11-15(12-18(19)24)14-5-7-16(8-6-14)23(2)3/h5-8,15,22H,9-12H2,1-4H3/t15-/m1/s1. The molecule has 6 heteroatoms. The third kappa shape index (κ3) is 3.90. The van der Waals surface area contributed by atoms with Gasteiger partial charge in [0.15, 0.2) is 5.78 Å². The highest BCUT2D eigenvalue weighted by Crippen LogP contribution is 2.35. The first-order chi connectivity index (χ1) is 12.9. The summed E-state index contributed by atoms with van der Waals surface area (Å²) in [6.07, 6.45) is 1.15. The fraction of sp³-hybridized carbons (Fsp3) is 0.429. The number of fused-ring (bicyclic) bond motifs is 1. The Hall–Kier alpha value is -2.60. The summed E-state index contributed by atoms with van der Waals surface area (Å²) in [5.41, 5.74) is 4.78. The predicted molar refractivity (Wildman–Crippen MR) is 104 cm³/mol. The molecule has 3 rings (SSSR count). The second-order valence-corrected chi connectivity index (χ2v) is 7.12. The largest absolute Gasteiger partial charge is 0.459 e. The summed E-state index contributed by atoms with van der Waals surface area (Å²) in [6, 6.07) is 8.28. The molecule has 0 fully saturated rings. The van der Waals surface area contributed by atoms with Crippen molar-refractivity contribution in [1.29, 1.82) is 0 Å². The number of methoxy groups -OCH3 is 1. The van der Waals surface area contributed by atoms with Crippen molar-refractivity contribution in [2.75, 3.05) is 39.3 Å². The van der Waals surface area contributed by atoms with E-state index in [1.54, 1.807) is 14.0 Å². The predicted octanol–water partition coefficient (Wildman–Crippen LogP) is 3.11. The quantitative estimate of drug-likeness (QED) is 0.625. The molecule has 6 nitrogen and oxygen atoms in total. The summed E-state index contributed by atoms with van der Waals surface area (Å²) in [5.74, 6) is -0.266. The summed E-state index contributed by atoms with van der Waals surface area (Å²) in [4.78, 5) is 30.2. The minimum atomic E-state index is -0.446. The van der Waals surface area contributed by atoms with Crippen LogP contribution in [0.2, 0.25) is 0 Å². The number of hydrogen-bond acceptors (Lipinski definition) is 5. The lowest BCUT2D eigenvalue weighted by atomic mass is 9.81. The van der Waals surface area contributed by atoms with E-state index in [1.807, 2.05) is 19.0 Å². The normalized spacial score (nSPS) is 16.1. The first-order valence-electron chi connectivity index (χ1n) is 9.10. The van der Waals surface area contributed by atoms with E-state index in [-0.39, 0.29) is 18.3 Å². The van der Waals surface area contributed by atoms with Gasteiger partial charge in [0.2, 0.25) is 0 Å². The van der Waals surface area contributed by atoms with Gasteiger partial charge in [0.05, 0.1) is 6.61 Å². The van der Waals surface area contributed by atoms with Gasteiger partial charge in [-0.05, 0) is 42.5 Å². The van der Waals surface area contributed by atoms with Crippen molar-refractivity contribution in [2.24, 2.45) is 0 Å². The highest BCUT2D eigenvalue weighted by Gasteiger charge is 2.32. The molecular formula is C21H26N2O4. The summed E-state index contributed by atoms with van der Waals surface area (Å²) in [7, 11) is 5.55. The lowest BCUT2D eigenvalue weighted by Gasteiger charge is -2.23. The number of ether oxygens (including phenoxy) is 2. The van der Waals surface area contributed by atoms with Crippen LogP contribution in [0.15, 0.2) is 24.3 Å². The van der Waals surface area contributed by atoms with Gasteiger partial charge in [0, 0.05) is 44.6 Å². The van der Waals surface area contributed by atoms with E-state index in [9.17, 15) is 9.59 Å². The van der Waals surface area contributed by atoms with Crippen LogP contribution in [0.25, 0.3) is 0 Å². The van der Waals surface area contributed by atoms with Crippen molar-refractivity contribution in [3.63, 3.8) is 0 Å². The molecule has 144 valence electrons. The van der Waals surface area contributed by atoms with Gasteiger partial charge in [0.25, 0.3) is 0 Å². The molecule has 0 saturated heterocycles. The van der Waals surface area contributed by atoms with E-state index in [2.05, 4.69) is 29.2 Å². The molecule has 1 aliphatic rings. The fourth-order valence-corrected chi connectivity index (χ4v) is 3.61. The molecule has 1 heterocycles. The Morgan fingerprint density at radius 2 is 1.89 bits per heavy atom. The minimum Gasteiger partial charge on any atom is -0.459 e. The molecule has 1 aromatic heterocycles. The molecule has 1 N–H and O–H groups in total. The SMILES string of the molecule is COCCOC(=O)c1[nH]c2c(c1C)C(=O)C[C@H](c1ccc(N(C)C)cc1)C2. The van der Waals surface area contributed by atoms with E-state index in [0.29, 0.717) is 36.3 Å². The van der Waals surface area contributed by atoms with Crippen LogP contribution >= 0.6 is 0 Å². The lowest BCUT2D eigenvalue weighted by Crippen LogP contribution is -2.18. The number of carbonyl (C=O) groups is 2. The van der Waals surface area contributed by atoms with Gasteiger partial charge in [-0.3, -0.25) is 4.79 Å². The highest BCUT2D eigenvalue weighted by molar-refractivity contribution is 6.03. The number of nitrogens with one attached hydrogen (secondary N) is 1. The van der Waals surface area contributed by atoms with E-state index in [4.69, 9.17) is 9.47 Å². The van der Waals surface area contributed by atoms with Crippen LogP contribution in [0, 0.1) is 6.92 Å². The number of Topliss-reactive ketones (excluding diaryl/α,β-unsaturated/α-hetero) is 1. The summed E-state index contributed by atoms with van der Waals surface area (Å²) < 4.78 is 10.1. The van der Waals surface area contributed by atoms with Crippen LogP contribution in [-0.4, -0.2) is 51.2 Å². The maximum absolute atomic E-state index is 12.8. The number of H-pyrrole nitrogens is 1. The number of benzene rings is 1. The first kappa shape index (κ1) is 19.2. The zero-order valence-electron chi connectivity index (χ0n) is 16.3. The van der Waals surface area contributed by atoms with Gasteiger partial charge in [-0.25, -0.2) is 4.79 Å². The third-order valence-corrected chi connectivity index (χ3v) is 5.09. The van der Waals surface area contributed by atoms with E-state index >= 15 is 0 Å². The van der Waals surface area contributed by atoms with Gasteiger partial charge in [-0.2, -0.15) is 0 Å². The Morgan fingerprint density at radius 1 is 1.19 bits per heavy atom. The summed E-state index contributed by atoms with van der Waals surface area (Å²) in [6.45, 7) is 2.33. The van der Waals surface area contributed by atoms with Gasteiger partial charge >= 0.3 is 5.97 Å². The number of anilines is 1. The molecular weight excluding hydrogens is 344 g/mol. The monoisotopic (exact) mass is 370 g/mol. The van der Waals surface area contributed by atoms with E-state index in [1.165, 1.54) is 0 Å².